The third-order valence-electron chi connectivity index (χ3n) is 10.4. The molecule has 0 aromatic rings. The molecular weight excluding hydrogens is 805 g/mol. The Morgan fingerprint density at radius 1 is 0.323 bits per heavy atom. The van der Waals surface area contributed by atoms with Gasteiger partial charge in [0.1, 0.15) is 13.2 Å². The third kappa shape index (κ3) is 50.4. The first-order chi connectivity index (χ1) is 32.0. The average Bonchev–Trinajstić information content (AvgIpc) is 3.30. The molecule has 0 aromatic heterocycles. The first kappa shape index (κ1) is 60.6. The fraction of sp³-hybridized carbons (Fsp3) is 0.576. The van der Waals surface area contributed by atoms with E-state index in [1.807, 2.05) is 115 Å². The largest absolute Gasteiger partial charge is 0.462 e. The van der Waals surface area contributed by atoms with Crippen molar-refractivity contribution in [2.45, 2.75) is 207 Å². The third-order valence-corrected chi connectivity index (χ3v) is 10.4. The molecule has 0 amide bonds. The van der Waals surface area contributed by atoms with E-state index >= 15 is 0 Å². The van der Waals surface area contributed by atoms with Gasteiger partial charge >= 0.3 is 17.9 Å². The summed E-state index contributed by atoms with van der Waals surface area (Å²) in [5, 5.41) is 0. The number of hydrogen-bond acceptors (Lipinski definition) is 6. The summed E-state index contributed by atoms with van der Waals surface area (Å²) < 4.78 is 16.7. The molecule has 0 N–H and O–H groups in total. The van der Waals surface area contributed by atoms with Gasteiger partial charge in [-0.25, -0.2) is 0 Å². The monoisotopic (exact) mass is 897 g/mol. The van der Waals surface area contributed by atoms with Crippen LogP contribution in [0.4, 0.5) is 0 Å². The first-order valence-electron chi connectivity index (χ1n) is 25.8. The summed E-state index contributed by atoms with van der Waals surface area (Å²) >= 11 is 0. The molecule has 0 heterocycles. The molecule has 0 aliphatic rings. The average molecular weight is 897 g/mol. The van der Waals surface area contributed by atoms with E-state index in [0.29, 0.717) is 25.7 Å². The number of rotatable bonds is 44. The van der Waals surface area contributed by atoms with Crippen LogP contribution in [0, 0.1) is 0 Å². The Balaban J connectivity index is 4.57. The lowest BCUT2D eigenvalue weighted by Crippen LogP contribution is -2.30. The van der Waals surface area contributed by atoms with E-state index in [1.165, 1.54) is 89.9 Å². The van der Waals surface area contributed by atoms with Crippen molar-refractivity contribution in [1.29, 1.82) is 0 Å². The SMILES string of the molecule is CC/C=C/C=C/C=C/C=C/C=C/C=C/CCCCCC(=O)OCC(COC(=O)CCC/C=C/C=C/C=C/C=C/C=C/CC)OC(=O)CCCCCCCCCCCCCCCCCCC. The molecule has 1 atom stereocenters. The molecule has 0 bridgehead atoms. The standard InChI is InChI=1S/C59H92O6/c1-4-7-10-13-16-19-22-25-27-29-31-34-37-40-43-46-49-52-58(61)64-55-56(54-63-57(60)51-48-45-42-39-36-33-24-21-18-15-12-9-6-3)65-59(62)53-50-47-44-41-38-35-32-30-28-26-23-20-17-14-11-8-5-2/h7,9-10,12-13,15-16,18-19,21-22,24-25,27,29,31,33-34,36-37,39,42,56H,4-6,8,11,14,17,20,23,26,28,30,32,35,38,40-41,43-55H2,1-3H3/b10-7+,12-9+,16-13+,18-15+,22-19+,24-21+,27-25+,31-29+,36-33+,37-34+,42-39+. The number of hydrogen-bond donors (Lipinski definition) is 0. The van der Waals surface area contributed by atoms with E-state index in [2.05, 4.69) is 39.0 Å². The predicted octanol–water partition coefficient (Wildman–Crippen LogP) is 17.1. The molecule has 1 unspecified atom stereocenters. The van der Waals surface area contributed by atoms with E-state index in [4.69, 9.17) is 14.2 Å². The maximum atomic E-state index is 12.8. The van der Waals surface area contributed by atoms with Gasteiger partial charge in [-0.3, -0.25) is 14.4 Å². The number of carbonyl (C=O) groups is 3. The summed E-state index contributed by atoms with van der Waals surface area (Å²) in [7, 11) is 0. The smallest absolute Gasteiger partial charge is 0.306 e. The van der Waals surface area contributed by atoms with Gasteiger partial charge in [0.2, 0.25) is 0 Å². The molecule has 6 heteroatoms. The second-order valence-electron chi connectivity index (χ2n) is 16.6. The van der Waals surface area contributed by atoms with Crippen molar-refractivity contribution >= 4 is 17.9 Å². The van der Waals surface area contributed by atoms with Crippen molar-refractivity contribution in [3.63, 3.8) is 0 Å². The van der Waals surface area contributed by atoms with Gasteiger partial charge in [-0.1, -0.05) is 264 Å². The topological polar surface area (TPSA) is 78.9 Å². The fourth-order valence-electron chi connectivity index (χ4n) is 6.62. The van der Waals surface area contributed by atoms with Crippen LogP contribution >= 0.6 is 0 Å². The molecule has 6 nitrogen and oxygen atoms in total. The van der Waals surface area contributed by atoms with Gasteiger partial charge in [0, 0.05) is 19.3 Å². The van der Waals surface area contributed by atoms with E-state index in [9.17, 15) is 14.4 Å². The van der Waals surface area contributed by atoms with E-state index < -0.39 is 6.10 Å². The summed E-state index contributed by atoms with van der Waals surface area (Å²) in [5.74, 6) is -1.05. The second-order valence-corrected chi connectivity index (χ2v) is 16.6. The summed E-state index contributed by atoms with van der Waals surface area (Å²) in [6.45, 7) is 6.23. The summed E-state index contributed by atoms with van der Waals surface area (Å²) in [6, 6.07) is 0. The molecule has 0 rings (SSSR count). The predicted molar refractivity (Wildman–Crippen MR) is 279 cm³/mol. The minimum Gasteiger partial charge on any atom is -0.462 e. The summed E-state index contributed by atoms with van der Waals surface area (Å²) in [6.07, 6.45) is 73.0. The maximum Gasteiger partial charge on any atom is 0.306 e. The summed E-state index contributed by atoms with van der Waals surface area (Å²) in [4.78, 5) is 38.0. The number of allylic oxidation sites excluding steroid dienone is 22. The molecule has 0 aliphatic heterocycles. The van der Waals surface area contributed by atoms with Crippen LogP contribution in [-0.2, 0) is 28.6 Å². The first-order valence-corrected chi connectivity index (χ1v) is 25.8. The molecule has 0 fully saturated rings. The van der Waals surface area contributed by atoms with Crippen LogP contribution in [0.3, 0.4) is 0 Å². The molecule has 0 aromatic carbocycles. The van der Waals surface area contributed by atoms with Crippen molar-refractivity contribution in [2.75, 3.05) is 13.2 Å². The van der Waals surface area contributed by atoms with Gasteiger partial charge in [0.15, 0.2) is 6.10 Å². The fourth-order valence-corrected chi connectivity index (χ4v) is 6.62. The minimum atomic E-state index is -0.828. The molecule has 364 valence electrons. The van der Waals surface area contributed by atoms with Crippen molar-refractivity contribution in [3.8, 4) is 0 Å². The Bertz CT molecular complexity index is 1450. The molecule has 0 spiro atoms. The van der Waals surface area contributed by atoms with Crippen LogP contribution in [0.25, 0.3) is 0 Å². The Morgan fingerprint density at radius 3 is 1.00 bits per heavy atom. The van der Waals surface area contributed by atoms with Crippen molar-refractivity contribution in [1.82, 2.24) is 0 Å². The zero-order valence-electron chi connectivity index (χ0n) is 41.4. The number of carbonyl (C=O) groups excluding carboxylic acids is 3. The summed E-state index contributed by atoms with van der Waals surface area (Å²) in [5.41, 5.74) is 0. The number of unbranched alkanes of at least 4 members (excludes halogenated alkanes) is 20. The van der Waals surface area contributed by atoms with Crippen molar-refractivity contribution in [2.24, 2.45) is 0 Å². The van der Waals surface area contributed by atoms with Gasteiger partial charge in [-0.05, 0) is 51.4 Å². The van der Waals surface area contributed by atoms with Gasteiger partial charge in [0.25, 0.3) is 0 Å². The van der Waals surface area contributed by atoms with Crippen molar-refractivity contribution in [3.05, 3.63) is 134 Å². The maximum absolute atomic E-state index is 12.8. The van der Waals surface area contributed by atoms with E-state index in [0.717, 1.165) is 57.8 Å². The Hall–Kier alpha value is -4.45. The van der Waals surface area contributed by atoms with Gasteiger partial charge in [-0.15, -0.1) is 0 Å². The minimum absolute atomic E-state index is 0.127. The van der Waals surface area contributed by atoms with Crippen molar-refractivity contribution < 1.29 is 28.6 Å². The zero-order valence-corrected chi connectivity index (χ0v) is 41.4. The highest BCUT2D eigenvalue weighted by Gasteiger charge is 2.19. The highest BCUT2D eigenvalue weighted by atomic mass is 16.6. The molecule has 0 saturated carbocycles. The number of esters is 3. The normalized spacial score (nSPS) is 13.2. The Labute approximate surface area is 398 Å². The van der Waals surface area contributed by atoms with Crippen LogP contribution in [0.5, 0.6) is 0 Å². The molecular formula is C59H92O6. The van der Waals surface area contributed by atoms with Crippen LogP contribution in [-0.4, -0.2) is 37.2 Å². The Kier molecular flexibility index (Phi) is 48.6. The van der Waals surface area contributed by atoms with Crippen LogP contribution < -0.4 is 0 Å². The van der Waals surface area contributed by atoms with Crippen LogP contribution in [0.1, 0.15) is 201 Å². The highest BCUT2D eigenvalue weighted by molar-refractivity contribution is 5.71. The molecule has 0 saturated heterocycles. The second kappa shape index (κ2) is 52.2. The van der Waals surface area contributed by atoms with Gasteiger partial charge in [-0.2, -0.15) is 0 Å². The highest BCUT2D eigenvalue weighted by Crippen LogP contribution is 2.15. The van der Waals surface area contributed by atoms with E-state index in [1.54, 1.807) is 0 Å². The molecule has 0 radical (unpaired) electrons. The lowest BCUT2D eigenvalue weighted by molar-refractivity contribution is -0.167. The van der Waals surface area contributed by atoms with Gasteiger partial charge < -0.3 is 14.2 Å². The lowest BCUT2D eigenvalue weighted by atomic mass is 10.0. The zero-order chi connectivity index (χ0) is 47.2. The van der Waals surface area contributed by atoms with E-state index in [-0.39, 0.29) is 37.5 Å². The lowest BCUT2D eigenvalue weighted by Gasteiger charge is -2.18. The van der Waals surface area contributed by atoms with Crippen LogP contribution in [0.15, 0.2) is 134 Å². The van der Waals surface area contributed by atoms with Gasteiger partial charge in [0.05, 0.1) is 0 Å². The molecule has 0 aliphatic carbocycles. The van der Waals surface area contributed by atoms with Crippen LogP contribution in [0.2, 0.25) is 0 Å². The number of ether oxygens (including phenoxy) is 3. The quantitative estimate of drug-likeness (QED) is 0.0262. The molecule has 65 heavy (non-hydrogen) atoms. The Morgan fingerprint density at radius 2 is 0.615 bits per heavy atom.